The quantitative estimate of drug-likeness (QED) is 0.333. The third kappa shape index (κ3) is 2.41. The van der Waals surface area contributed by atoms with Crippen LogP contribution in [0, 0.1) is 0 Å². The molecule has 1 aliphatic heterocycles. The van der Waals surface area contributed by atoms with Crippen molar-refractivity contribution in [3.8, 4) is 44.9 Å². The highest BCUT2D eigenvalue weighted by atomic mass is 16.6. The predicted molar refractivity (Wildman–Crippen MR) is 103 cm³/mol. The van der Waals surface area contributed by atoms with E-state index in [-0.39, 0.29) is 0 Å². The summed E-state index contributed by atoms with van der Waals surface area (Å²) >= 11 is 0. The van der Waals surface area contributed by atoms with Crippen LogP contribution in [-0.4, -0.2) is 0 Å². The second kappa shape index (κ2) is 5.64. The Labute approximate surface area is 147 Å². The number of rotatable bonds is 3. The zero-order valence-electron chi connectivity index (χ0n) is 13.6. The zero-order chi connectivity index (χ0) is 16.6. The molecular formula is C24H16O. The summed E-state index contributed by atoms with van der Waals surface area (Å²) in [6.45, 7) is 0. The molecule has 0 aliphatic carbocycles. The van der Waals surface area contributed by atoms with E-state index in [4.69, 9.17) is 4.74 Å². The first kappa shape index (κ1) is 14.1. The standard InChI is InChI=1S/C24H16O/c1-4-10-17(11-5-1)20-16-21(18-12-6-2-7-13-18)23-24(25-23)22(20)19-14-8-3-9-15-19/h1-16H. The van der Waals surface area contributed by atoms with Gasteiger partial charge in [-0.1, -0.05) is 91.0 Å². The van der Waals surface area contributed by atoms with Gasteiger partial charge < -0.3 is 4.74 Å². The van der Waals surface area contributed by atoms with E-state index < -0.39 is 0 Å². The lowest BCUT2D eigenvalue weighted by Crippen LogP contribution is -1.84. The van der Waals surface area contributed by atoms with E-state index in [9.17, 15) is 0 Å². The van der Waals surface area contributed by atoms with E-state index in [1.165, 1.54) is 27.8 Å². The second-order valence-electron chi connectivity index (χ2n) is 6.21. The molecule has 0 unspecified atom stereocenters. The molecule has 1 nitrogen and oxygen atoms in total. The van der Waals surface area contributed by atoms with E-state index in [0.717, 1.165) is 17.1 Å². The molecule has 0 aromatic heterocycles. The monoisotopic (exact) mass is 320 g/mol. The summed E-state index contributed by atoms with van der Waals surface area (Å²) in [5.41, 5.74) is 7.14. The Kier molecular flexibility index (Phi) is 3.17. The van der Waals surface area contributed by atoms with Crippen LogP contribution in [0.3, 0.4) is 0 Å². The fourth-order valence-corrected chi connectivity index (χ4v) is 3.39. The molecule has 4 aromatic rings. The molecular weight excluding hydrogens is 304 g/mol. The van der Waals surface area contributed by atoms with E-state index in [1.54, 1.807) is 0 Å². The molecule has 1 heteroatoms. The van der Waals surface area contributed by atoms with Crippen molar-refractivity contribution in [1.29, 1.82) is 0 Å². The zero-order valence-corrected chi connectivity index (χ0v) is 13.6. The van der Waals surface area contributed by atoms with Crippen LogP contribution in [0.25, 0.3) is 33.4 Å². The van der Waals surface area contributed by atoms with Gasteiger partial charge in [0.1, 0.15) is 0 Å². The number of hydrogen-bond acceptors (Lipinski definition) is 1. The molecule has 1 aliphatic rings. The van der Waals surface area contributed by atoms with Gasteiger partial charge >= 0.3 is 0 Å². The fraction of sp³-hybridized carbons (Fsp3) is 0. The number of hydrogen-bond donors (Lipinski definition) is 0. The third-order valence-electron chi connectivity index (χ3n) is 4.63. The van der Waals surface area contributed by atoms with Crippen molar-refractivity contribution in [2.24, 2.45) is 0 Å². The van der Waals surface area contributed by atoms with Gasteiger partial charge in [0.15, 0.2) is 11.5 Å². The summed E-state index contributed by atoms with van der Waals surface area (Å²) < 4.78 is 5.97. The Morgan fingerprint density at radius 1 is 0.440 bits per heavy atom. The number of benzene rings is 4. The van der Waals surface area contributed by atoms with E-state index in [1.807, 2.05) is 12.1 Å². The van der Waals surface area contributed by atoms with Gasteiger partial charge in [0.05, 0.1) is 0 Å². The maximum Gasteiger partial charge on any atom is 0.179 e. The van der Waals surface area contributed by atoms with Crippen molar-refractivity contribution in [3.63, 3.8) is 0 Å². The van der Waals surface area contributed by atoms with E-state index in [0.29, 0.717) is 0 Å². The largest absolute Gasteiger partial charge is 0.448 e. The lowest BCUT2D eigenvalue weighted by Gasteiger charge is -2.10. The van der Waals surface area contributed by atoms with Gasteiger partial charge in [-0.05, 0) is 28.3 Å². The van der Waals surface area contributed by atoms with Crippen LogP contribution < -0.4 is 4.74 Å². The average Bonchev–Trinajstić information content (AvgIpc) is 3.49. The average molecular weight is 320 g/mol. The lowest BCUT2D eigenvalue weighted by molar-refractivity contribution is 0.652. The van der Waals surface area contributed by atoms with Gasteiger partial charge in [-0.3, -0.25) is 0 Å². The molecule has 4 aromatic carbocycles. The Balaban J connectivity index is 1.79. The van der Waals surface area contributed by atoms with Gasteiger partial charge in [-0.15, -0.1) is 0 Å². The molecule has 0 amide bonds. The summed E-state index contributed by atoms with van der Waals surface area (Å²) in [6, 6.07) is 33.7. The van der Waals surface area contributed by atoms with Crippen molar-refractivity contribution in [3.05, 3.63) is 97.1 Å². The molecule has 0 radical (unpaired) electrons. The van der Waals surface area contributed by atoms with Crippen LogP contribution in [0.2, 0.25) is 0 Å². The highest BCUT2D eigenvalue weighted by Crippen LogP contribution is 2.60. The minimum absolute atomic E-state index is 1.00. The molecule has 0 bridgehead atoms. The Morgan fingerprint density at radius 2 is 0.920 bits per heavy atom. The molecule has 0 saturated heterocycles. The van der Waals surface area contributed by atoms with Crippen molar-refractivity contribution in [1.82, 2.24) is 0 Å². The van der Waals surface area contributed by atoms with Gasteiger partial charge in [0.25, 0.3) is 0 Å². The van der Waals surface area contributed by atoms with Crippen molar-refractivity contribution in [2.75, 3.05) is 0 Å². The second-order valence-corrected chi connectivity index (χ2v) is 6.21. The van der Waals surface area contributed by atoms with Gasteiger partial charge in [-0.25, -0.2) is 0 Å². The minimum Gasteiger partial charge on any atom is -0.448 e. The van der Waals surface area contributed by atoms with Crippen molar-refractivity contribution in [2.45, 2.75) is 0 Å². The fourth-order valence-electron chi connectivity index (χ4n) is 3.39. The molecule has 0 fully saturated rings. The first-order chi connectivity index (χ1) is 12.4. The summed E-state index contributed by atoms with van der Waals surface area (Å²) in [4.78, 5) is 0. The first-order valence-corrected chi connectivity index (χ1v) is 8.47. The minimum atomic E-state index is 1.00. The van der Waals surface area contributed by atoms with Crippen LogP contribution in [0.5, 0.6) is 11.5 Å². The Hall–Kier alpha value is -3.32. The molecule has 0 atom stereocenters. The molecule has 5 rings (SSSR count). The summed E-state index contributed by atoms with van der Waals surface area (Å²) in [5.74, 6) is 2.01. The van der Waals surface area contributed by atoms with Crippen LogP contribution in [0.15, 0.2) is 97.1 Å². The normalized spacial score (nSPS) is 11.5. The van der Waals surface area contributed by atoms with E-state index in [2.05, 4.69) is 84.9 Å². The summed E-state index contributed by atoms with van der Waals surface area (Å²) in [7, 11) is 0. The molecule has 1 heterocycles. The van der Waals surface area contributed by atoms with Gasteiger partial charge in [-0.2, -0.15) is 0 Å². The summed E-state index contributed by atoms with van der Waals surface area (Å²) in [5, 5.41) is 0. The van der Waals surface area contributed by atoms with Crippen LogP contribution in [0.1, 0.15) is 0 Å². The van der Waals surface area contributed by atoms with Crippen molar-refractivity contribution < 1.29 is 4.74 Å². The predicted octanol–water partition coefficient (Wildman–Crippen LogP) is 6.79. The number of ether oxygens (including phenoxy) is 1. The van der Waals surface area contributed by atoms with Crippen LogP contribution in [0.4, 0.5) is 0 Å². The highest BCUT2D eigenvalue weighted by molar-refractivity contribution is 5.98. The molecule has 118 valence electrons. The Morgan fingerprint density at radius 3 is 1.48 bits per heavy atom. The Bertz CT molecular complexity index is 1040. The molecule has 25 heavy (non-hydrogen) atoms. The van der Waals surface area contributed by atoms with Crippen molar-refractivity contribution >= 4 is 0 Å². The highest BCUT2D eigenvalue weighted by Gasteiger charge is 2.33. The smallest absolute Gasteiger partial charge is 0.179 e. The third-order valence-corrected chi connectivity index (χ3v) is 4.63. The van der Waals surface area contributed by atoms with Gasteiger partial charge in [0.2, 0.25) is 0 Å². The van der Waals surface area contributed by atoms with E-state index >= 15 is 0 Å². The molecule has 0 N–H and O–H groups in total. The maximum atomic E-state index is 5.97. The maximum absolute atomic E-state index is 5.97. The van der Waals surface area contributed by atoms with Gasteiger partial charge in [0, 0.05) is 11.1 Å². The SMILES string of the molecule is c1ccc(-c2cc(-c3ccccc3)c(-c3ccccc3)c3c2O3)cc1. The molecule has 0 saturated carbocycles. The molecule has 0 spiro atoms. The lowest BCUT2D eigenvalue weighted by atomic mass is 9.91. The first-order valence-electron chi connectivity index (χ1n) is 8.47. The topological polar surface area (TPSA) is 12.5 Å². The van der Waals surface area contributed by atoms with Crippen LogP contribution >= 0.6 is 0 Å². The van der Waals surface area contributed by atoms with Crippen LogP contribution in [-0.2, 0) is 0 Å². The summed E-state index contributed by atoms with van der Waals surface area (Å²) in [6.07, 6.45) is 0. The number of fused-ring (bicyclic) bond motifs is 1.